The van der Waals surface area contributed by atoms with E-state index in [1.54, 1.807) is 4.90 Å². The minimum atomic E-state index is -0.591. The van der Waals surface area contributed by atoms with Gasteiger partial charge in [-0.1, -0.05) is 29.3 Å². The van der Waals surface area contributed by atoms with Crippen LogP contribution in [0.15, 0.2) is 0 Å². The third-order valence-electron chi connectivity index (χ3n) is 2.15. The highest BCUT2D eigenvalue weighted by Crippen LogP contribution is 2.25. The number of β-amino-alcohol motifs (C(OH)–C–C–N with tert-alkyl or cyclic N) is 1. The molecule has 0 radical (unpaired) electrons. The minimum absolute atomic E-state index is 0.0655. The molecule has 1 saturated heterocycles. The topological polar surface area (TPSA) is 40.5 Å². The lowest BCUT2D eigenvalue weighted by molar-refractivity contribution is -0.153. The lowest BCUT2D eigenvalue weighted by atomic mass is 9.89. The average molecular weight is 236 g/mol. The van der Waals surface area contributed by atoms with Gasteiger partial charge >= 0.3 is 0 Å². The van der Waals surface area contributed by atoms with Gasteiger partial charge in [0.15, 0.2) is 0 Å². The number of halogens is 1. The number of hydrogen-bond acceptors (Lipinski definition) is 2. The molecule has 0 aromatic carbocycles. The van der Waals surface area contributed by atoms with Crippen LogP contribution in [0.5, 0.6) is 0 Å². The van der Waals surface area contributed by atoms with E-state index in [1.165, 1.54) is 0 Å². The van der Waals surface area contributed by atoms with Crippen molar-refractivity contribution in [1.82, 2.24) is 4.90 Å². The lowest BCUT2D eigenvalue weighted by Crippen LogP contribution is -2.63. The van der Waals surface area contributed by atoms with Crippen LogP contribution in [-0.2, 0) is 4.79 Å². The molecule has 0 spiro atoms. The Hall–Kier alpha value is -0.0900. The number of carbonyl (C=O) groups is 1. The first-order valence-electron chi connectivity index (χ1n) is 4.17. The van der Waals surface area contributed by atoms with Crippen LogP contribution >= 0.6 is 15.9 Å². The van der Waals surface area contributed by atoms with Gasteiger partial charge in [-0.25, -0.2) is 0 Å². The summed E-state index contributed by atoms with van der Waals surface area (Å²) in [6.07, 6.45) is 1.76. The number of nitrogens with zero attached hydrogens (tertiary/aromatic N) is 1. The van der Waals surface area contributed by atoms with Gasteiger partial charge in [-0.3, -0.25) is 4.79 Å². The molecule has 1 fully saturated rings. The molecule has 0 unspecified atom stereocenters. The van der Waals surface area contributed by atoms with E-state index in [9.17, 15) is 9.90 Å². The van der Waals surface area contributed by atoms with E-state index in [0.29, 0.717) is 18.4 Å². The maximum absolute atomic E-state index is 11.1. The SMILES string of the molecule is CCCC1(O)CN(C(=O)CBr)C1. The van der Waals surface area contributed by atoms with Gasteiger partial charge in [0.1, 0.15) is 0 Å². The van der Waals surface area contributed by atoms with Crippen molar-refractivity contribution in [3.05, 3.63) is 0 Å². The lowest BCUT2D eigenvalue weighted by Gasteiger charge is -2.46. The van der Waals surface area contributed by atoms with Crippen LogP contribution in [-0.4, -0.2) is 39.9 Å². The van der Waals surface area contributed by atoms with Crippen molar-refractivity contribution < 1.29 is 9.90 Å². The van der Waals surface area contributed by atoms with Gasteiger partial charge in [0.2, 0.25) is 5.91 Å². The third kappa shape index (κ3) is 1.98. The van der Waals surface area contributed by atoms with E-state index in [1.807, 2.05) is 6.92 Å². The number of carbonyl (C=O) groups excluding carboxylic acids is 1. The summed E-state index contributed by atoms with van der Waals surface area (Å²) in [5.41, 5.74) is -0.591. The van der Waals surface area contributed by atoms with E-state index in [0.717, 1.165) is 12.8 Å². The van der Waals surface area contributed by atoms with Crippen molar-refractivity contribution >= 4 is 21.8 Å². The highest BCUT2D eigenvalue weighted by atomic mass is 79.9. The Morgan fingerprint density at radius 1 is 1.67 bits per heavy atom. The summed E-state index contributed by atoms with van der Waals surface area (Å²) < 4.78 is 0. The summed E-state index contributed by atoms with van der Waals surface area (Å²) in [7, 11) is 0. The first kappa shape index (κ1) is 9.99. The summed E-state index contributed by atoms with van der Waals surface area (Å²) in [5.74, 6) is 0.0655. The number of alkyl halides is 1. The van der Waals surface area contributed by atoms with Gasteiger partial charge in [0.05, 0.1) is 24.0 Å². The second-order valence-corrected chi connectivity index (χ2v) is 3.92. The van der Waals surface area contributed by atoms with Crippen molar-refractivity contribution in [3.63, 3.8) is 0 Å². The normalized spacial score (nSPS) is 20.4. The first-order valence-corrected chi connectivity index (χ1v) is 5.29. The van der Waals surface area contributed by atoms with E-state index < -0.39 is 5.60 Å². The standard InChI is InChI=1S/C8H14BrNO2/c1-2-3-8(12)5-10(6-8)7(11)4-9/h12H,2-6H2,1H3. The van der Waals surface area contributed by atoms with E-state index in [2.05, 4.69) is 15.9 Å². The van der Waals surface area contributed by atoms with Crippen molar-refractivity contribution in [1.29, 1.82) is 0 Å². The van der Waals surface area contributed by atoms with Gasteiger partial charge in [0, 0.05) is 0 Å². The summed E-state index contributed by atoms with van der Waals surface area (Å²) in [6, 6.07) is 0. The second kappa shape index (κ2) is 3.75. The van der Waals surface area contributed by atoms with Gasteiger partial charge in [0.25, 0.3) is 0 Å². The molecule has 0 atom stereocenters. The molecule has 1 aliphatic rings. The molecule has 12 heavy (non-hydrogen) atoms. The zero-order valence-corrected chi connectivity index (χ0v) is 8.80. The number of aliphatic hydroxyl groups is 1. The molecule has 0 aliphatic carbocycles. The van der Waals surface area contributed by atoms with Crippen molar-refractivity contribution in [2.75, 3.05) is 18.4 Å². The third-order valence-corrected chi connectivity index (χ3v) is 2.63. The molecule has 3 nitrogen and oxygen atoms in total. The summed E-state index contributed by atoms with van der Waals surface area (Å²) in [5, 5.41) is 10.1. The number of amides is 1. The van der Waals surface area contributed by atoms with Gasteiger partial charge in [-0.05, 0) is 6.42 Å². The Kier molecular flexibility index (Phi) is 3.12. The Morgan fingerprint density at radius 3 is 2.67 bits per heavy atom. The molecular formula is C8H14BrNO2. The Bertz CT molecular complexity index is 178. The fourth-order valence-electron chi connectivity index (χ4n) is 1.55. The highest BCUT2D eigenvalue weighted by Gasteiger charge is 2.41. The van der Waals surface area contributed by atoms with Crippen LogP contribution in [0.1, 0.15) is 19.8 Å². The summed E-state index contributed by atoms with van der Waals surface area (Å²) >= 11 is 3.09. The van der Waals surface area contributed by atoms with Crippen molar-refractivity contribution in [2.45, 2.75) is 25.4 Å². The minimum Gasteiger partial charge on any atom is -0.386 e. The molecule has 0 aromatic heterocycles. The number of likely N-dealkylation sites (tertiary alicyclic amines) is 1. The Balaban J connectivity index is 2.31. The van der Waals surface area contributed by atoms with Crippen molar-refractivity contribution in [3.8, 4) is 0 Å². The van der Waals surface area contributed by atoms with E-state index in [4.69, 9.17) is 0 Å². The first-order chi connectivity index (χ1) is 5.61. The highest BCUT2D eigenvalue weighted by molar-refractivity contribution is 9.09. The molecule has 1 aliphatic heterocycles. The smallest absolute Gasteiger partial charge is 0.233 e. The molecule has 0 saturated carbocycles. The molecule has 1 heterocycles. The molecule has 0 aromatic rings. The predicted molar refractivity (Wildman–Crippen MR) is 50.2 cm³/mol. The largest absolute Gasteiger partial charge is 0.386 e. The van der Waals surface area contributed by atoms with Crippen LogP contribution < -0.4 is 0 Å². The number of rotatable bonds is 3. The summed E-state index contributed by atoms with van der Waals surface area (Å²) in [6.45, 7) is 3.05. The van der Waals surface area contributed by atoms with Crippen LogP contribution in [0.4, 0.5) is 0 Å². The van der Waals surface area contributed by atoms with Gasteiger partial charge < -0.3 is 10.0 Å². The average Bonchev–Trinajstić information content (AvgIpc) is 1.99. The van der Waals surface area contributed by atoms with Crippen LogP contribution in [0.25, 0.3) is 0 Å². The molecule has 0 bridgehead atoms. The maximum Gasteiger partial charge on any atom is 0.233 e. The monoisotopic (exact) mass is 235 g/mol. The molecule has 1 rings (SSSR count). The van der Waals surface area contributed by atoms with Crippen molar-refractivity contribution in [2.24, 2.45) is 0 Å². The second-order valence-electron chi connectivity index (χ2n) is 3.36. The predicted octanol–water partition coefficient (Wildman–Crippen LogP) is 0.755. The zero-order valence-electron chi connectivity index (χ0n) is 7.22. The molecular weight excluding hydrogens is 222 g/mol. The molecule has 1 N–H and O–H groups in total. The van der Waals surface area contributed by atoms with Crippen LogP contribution in [0, 0.1) is 0 Å². The van der Waals surface area contributed by atoms with E-state index in [-0.39, 0.29) is 5.91 Å². The Morgan fingerprint density at radius 2 is 2.25 bits per heavy atom. The van der Waals surface area contributed by atoms with Crippen LogP contribution in [0.3, 0.4) is 0 Å². The van der Waals surface area contributed by atoms with Gasteiger partial charge in [-0.2, -0.15) is 0 Å². The van der Waals surface area contributed by atoms with E-state index >= 15 is 0 Å². The maximum atomic E-state index is 11.1. The van der Waals surface area contributed by atoms with Gasteiger partial charge in [-0.15, -0.1) is 0 Å². The fraction of sp³-hybridized carbons (Fsp3) is 0.875. The molecule has 70 valence electrons. The summed E-state index contributed by atoms with van der Waals surface area (Å²) in [4.78, 5) is 12.7. The Labute approximate surface area is 80.9 Å². The zero-order chi connectivity index (χ0) is 9.19. The molecule has 4 heteroatoms. The quantitative estimate of drug-likeness (QED) is 0.735. The number of hydrogen-bond donors (Lipinski definition) is 1. The fourth-order valence-corrected chi connectivity index (χ4v) is 1.90. The van der Waals surface area contributed by atoms with Crippen LogP contribution in [0.2, 0.25) is 0 Å². The molecule has 1 amide bonds.